The van der Waals surface area contributed by atoms with Crippen molar-refractivity contribution < 1.29 is 19.5 Å². The third kappa shape index (κ3) is 19.8. The maximum absolute atomic E-state index is 12.1. The highest BCUT2D eigenvalue weighted by atomic mass is 35.5. The van der Waals surface area contributed by atoms with Crippen LogP contribution in [0.2, 0.25) is 0 Å². The van der Waals surface area contributed by atoms with E-state index in [-0.39, 0.29) is 65.3 Å². The SMILES string of the molecule is CC1(C(=O)NCCc2ccc(CN)cc2)CCCC1.CC1(C(=O)O)CCCC1.CCc1ccc(CCN)cc1.CCc1ccc(CCNC(=O)C2(C)CCCC2)cc1.Cl.Cl.Cl. The van der Waals surface area contributed by atoms with Crippen LogP contribution in [0.5, 0.6) is 0 Å². The second kappa shape index (κ2) is 30.0. The number of rotatable bonds is 14. The molecule has 3 aromatic carbocycles. The first kappa shape index (κ1) is 57.9. The van der Waals surface area contributed by atoms with E-state index in [1.807, 2.05) is 6.92 Å². The zero-order valence-electron chi connectivity index (χ0n) is 37.8. The first-order valence-electron chi connectivity index (χ1n) is 22.2. The van der Waals surface area contributed by atoms with Gasteiger partial charge >= 0.3 is 5.97 Å². The van der Waals surface area contributed by atoms with E-state index in [4.69, 9.17) is 16.6 Å². The van der Waals surface area contributed by atoms with Gasteiger partial charge in [0.1, 0.15) is 0 Å². The third-order valence-corrected chi connectivity index (χ3v) is 12.7. The number of carboxylic acid groups (broad SMARTS) is 1. The lowest BCUT2D eigenvalue weighted by Gasteiger charge is -2.22. The smallest absolute Gasteiger partial charge is 0.309 e. The van der Waals surface area contributed by atoms with Gasteiger partial charge in [-0.1, -0.05) is 139 Å². The lowest BCUT2D eigenvalue weighted by Crippen LogP contribution is -2.38. The van der Waals surface area contributed by atoms with Crippen molar-refractivity contribution in [1.29, 1.82) is 0 Å². The van der Waals surface area contributed by atoms with Crippen molar-refractivity contribution in [2.45, 2.75) is 150 Å². The predicted octanol–water partition coefficient (Wildman–Crippen LogP) is 10.5. The molecule has 0 saturated heterocycles. The second-order valence-corrected chi connectivity index (χ2v) is 17.5. The minimum absolute atomic E-state index is 0. The number of carbonyl (C=O) groups is 3. The van der Waals surface area contributed by atoms with Gasteiger partial charge in [-0.3, -0.25) is 14.4 Å². The van der Waals surface area contributed by atoms with Crippen LogP contribution in [-0.4, -0.2) is 42.5 Å². The first-order valence-corrected chi connectivity index (χ1v) is 22.2. The Labute approximate surface area is 387 Å². The number of hydrogen-bond donors (Lipinski definition) is 5. The molecule has 3 saturated carbocycles. The number of aryl methyl sites for hydroxylation is 2. The molecule has 0 aromatic heterocycles. The molecular weight excluding hydrogens is 827 g/mol. The Kier molecular flexibility index (Phi) is 28.5. The summed E-state index contributed by atoms with van der Waals surface area (Å²) in [6.45, 7) is 13.1. The highest BCUT2D eigenvalue weighted by Crippen LogP contribution is 2.39. The van der Waals surface area contributed by atoms with Gasteiger partial charge in [0, 0.05) is 30.5 Å². The summed E-state index contributed by atoms with van der Waals surface area (Å²) in [5.74, 6) is -0.154. The minimum atomic E-state index is -0.625. The number of amides is 2. The molecule has 0 aliphatic heterocycles. The zero-order valence-corrected chi connectivity index (χ0v) is 40.3. The van der Waals surface area contributed by atoms with Crippen molar-refractivity contribution in [3.8, 4) is 0 Å². The molecule has 8 nitrogen and oxygen atoms in total. The molecule has 7 N–H and O–H groups in total. The van der Waals surface area contributed by atoms with Crippen LogP contribution in [0.25, 0.3) is 0 Å². The first-order chi connectivity index (χ1) is 27.8. The van der Waals surface area contributed by atoms with Crippen molar-refractivity contribution in [1.82, 2.24) is 10.6 Å². The molecule has 3 fully saturated rings. The molecule has 2 amide bonds. The number of aliphatic carboxylic acids is 1. The monoisotopic (exact) mass is 905 g/mol. The molecule has 344 valence electrons. The molecular formula is C50H79Cl3N4O4. The maximum Gasteiger partial charge on any atom is 0.309 e. The van der Waals surface area contributed by atoms with Crippen molar-refractivity contribution in [2.75, 3.05) is 19.6 Å². The molecule has 0 radical (unpaired) electrons. The van der Waals surface area contributed by atoms with Gasteiger partial charge < -0.3 is 27.2 Å². The van der Waals surface area contributed by atoms with E-state index in [2.05, 4.69) is 111 Å². The van der Waals surface area contributed by atoms with Crippen LogP contribution >= 0.6 is 37.2 Å². The Hall–Kier alpha value is -3.14. The van der Waals surface area contributed by atoms with Gasteiger partial charge in [0.15, 0.2) is 0 Å². The number of halogens is 3. The number of carboxylic acids is 1. The van der Waals surface area contributed by atoms with Gasteiger partial charge in [-0.2, -0.15) is 0 Å². The van der Waals surface area contributed by atoms with Crippen molar-refractivity contribution in [3.05, 3.63) is 106 Å². The molecule has 11 heteroatoms. The van der Waals surface area contributed by atoms with E-state index in [0.29, 0.717) is 6.54 Å². The number of carbonyl (C=O) groups excluding carboxylic acids is 2. The molecule has 0 atom stereocenters. The van der Waals surface area contributed by atoms with E-state index in [1.165, 1.54) is 53.5 Å². The molecule has 0 spiro atoms. The Morgan fingerprint density at radius 1 is 0.492 bits per heavy atom. The van der Waals surface area contributed by atoms with Crippen LogP contribution in [0.4, 0.5) is 0 Å². The highest BCUT2D eigenvalue weighted by Gasteiger charge is 2.37. The van der Waals surface area contributed by atoms with Crippen LogP contribution in [0.15, 0.2) is 72.8 Å². The molecule has 0 unspecified atom stereocenters. The van der Waals surface area contributed by atoms with Gasteiger partial charge in [0.25, 0.3) is 0 Å². The van der Waals surface area contributed by atoms with E-state index in [0.717, 1.165) is 109 Å². The summed E-state index contributed by atoms with van der Waals surface area (Å²) in [6.07, 6.45) is 17.8. The average Bonchev–Trinajstić information content (AvgIpc) is 4.02. The average molecular weight is 907 g/mol. The van der Waals surface area contributed by atoms with Gasteiger partial charge in [-0.25, -0.2) is 0 Å². The lowest BCUT2D eigenvalue weighted by atomic mass is 9.88. The number of nitrogens with one attached hydrogen (secondary N) is 2. The summed E-state index contributed by atoms with van der Waals surface area (Å²) in [6, 6.07) is 25.6. The van der Waals surface area contributed by atoms with E-state index >= 15 is 0 Å². The Balaban J connectivity index is 0.000000807. The lowest BCUT2D eigenvalue weighted by molar-refractivity contribution is -0.147. The van der Waals surface area contributed by atoms with Crippen LogP contribution in [0.1, 0.15) is 145 Å². The molecule has 3 aromatic rings. The van der Waals surface area contributed by atoms with E-state index in [1.54, 1.807) is 0 Å². The Bertz CT molecular complexity index is 1570. The fraction of sp³-hybridized carbons (Fsp3) is 0.580. The maximum atomic E-state index is 12.1. The van der Waals surface area contributed by atoms with Gasteiger partial charge in [0.2, 0.25) is 11.8 Å². The molecule has 0 heterocycles. The molecule has 0 bridgehead atoms. The largest absolute Gasteiger partial charge is 0.481 e. The van der Waals surface area contributed by atoms with Crippen molar-refractivity contribution >= 4 is 55.0 Å². The predicted molar refractivity (Wildman–Crippen MR) is 261 cm³/mol. The highest BCUT2D eigenvalue weighted by molar-refractivity contribution is 5.86. The van der Waals surface area contributed by atoms with Crippen molar-refractivity contribution in [2.24, 2.45) is 27.7 Å². The molecule has 3 aliphatic carbocycles. The topological polar surface area (TPSA) is 148 Å². The Morgan fingerprint density at radius 2 is 0.770 bits per heavy atom. The van der Waals surface area contributed by atoms with Gasteiger partial charge in [-0.15, -0.1) is 37.2 Å². The molecule has 61 heavy (non-hydrogen) atoms. The molecule has 3 aliphatic rings. The van der Waals surface area contributed by atoms with E-state index < -0.39 is 5.97 Å². The van der Waals surface area contributed by atoms with Crippen LogP contribution < -0.4 is 22.1 Å². The zero-order chi connectivity index (χ0) is 42.4. The fourth-order valence-electron chi connectivity index (χ4n) is 8.09. The van der Waals surface area contributed by atoms with Crippen LogP contribution in [0, 0.1) is 16.2 Å². The summed E-state index contributed by atoms with van der Waals surface area (Å²) in [5, 5.41) is 14.9. The fourth-order valence-corrected chi connectivity index (χ4v) is 8.09. The summed E-state index contributed by atoms with van der Waals surface area (Å²) in [4.78, 5) is 34.8. The summed E-state index contributed by atoms with van der Waals surface area (Å²) in [7, 11) is 0. The van der Waals surface area contributed by atoms with Crippen LogP contribution in [-0.2, 0) is 53.0 Å². The quantitative estimate of drug-likeness (QED) is 0.109. The van der Waals surface area contributed by atoms with Crippen LogP contribution in [0.3, 0.4) is 0 Å². The number of benzene rings is 3. The standard InChI is InChI=1S/C17H25NO.C16H24N2O.C10H15N.C7H12O2.3ClH/c1-3-14-6-8-15(9-7-14)10-13-18-16(19)17(2)11-4-5-12-17;1-16(9-2-3-10-16)15(19)18-11-8-13-4-6-14(12-17)7-5-13;1-2-9-3-5-10(6-4-9)7-8-11;1-7(6(8)9)4-2-3-5-7;;;/h6-9H,3-5,10-13H2,1-2H3,(H,18,19);4-7H,2-3,8-12,17H2,1H3,(H,18,19);3-6H,2,7-8,11H2,1H3;2-5H2,1H3,(H,8,9);3*1H. The summed E-state index contributed by atoms with van der Waals surface area (Å²) >= 11 is 0. The third-order valence-electron chi connectivity index (χ3n) is 12.7. The molecule has 6 rings (SSSR count). The number of nitrogens with two attached hydrogens (primary N) is 2. The Morgan fingerprint density at radius 3 is 1.03 bits per heavy atom. The summed E-state index contributed by atoms with van der Waals surface area (Å²) < 4.78 is 0. The second-order valence-electron chi connectivity index (χ2n) is 17.5. The normalized spacial score (nSPS) is 16.2. The van der Waals surface area contributed by atoms with Gasteiger partial charge in [-0.05, 0) is 117 Å². The minimum Gasteiger partial charge on any atom is -0.481 e. The summed E-state index contributed by atoms with van der Waals surface area (Å²) in [5.41, 5.74) is 18.2. The number of hydrogen-bond acceptors (Lipinski definition) is 5. The van der Waals surface area contributed by atoms with E-state index in [9.17, 15) is 14.4 Å². The van der Waals surface area contributed by atoms with Crippen molar-refractivity contribution in [3.63, 3.8) is 0 Å². The van der Waals surface area contributed by atoms with Gasteiger partial charge in [0.05, 0.1) is 5.41 Å².